The molecule has 0 aliphatic heterocycles. The van der Waals surface area contributed by atoms with Gasteiger partial charge in [0.1, 0.15) is 5.82 Å². The molecule has 3 rings (SSSR count). The maximum Gasteiger partial charge on any atom is 0.256 e. The van der Waals surface area contributed by atoms with Crippen molar-refractivity contribution >= 4 is 35.1 Å². The third-order valence-corrected chi connectivity index (χ3v) is 4.76. The molecule has 0 fully saturated rings. The van der Waals surface area contributed by atoms with Gasteiger partial charge in [0.15, 0.2) is 5.16 Å². The predicted octanol–water partition coefficient (Wildman–Crippen LogP) is 3.11. The van der Waals surface area contributed by atoms with Gasteiger partial charge in [0.2, 0.25) is 5.91 Å². The Morgan fingerprint density at radius 3 is 2.52 bits per heavy atom. The number of aryl methyl sites for hydroxylation is 2. The van der Waals surface area contributed by atoms with E-state index >= 15 is 0 Å². The van der Waals surface area contributed by atoms with Gasteiger partial charge in [0.25, 0.3) is 5.91 Å². The highest BCUT2D eigenvalue weighted by atomic mass is 32.2. The van der Waals surface area contributed by atoms with Gasteiger partial charge in [-0.25, -0.2) is 9.97 Å². The Morgan fingerprint density at radius 1 is 1.07 bits per heavy atom. The van der Waals surface area contributed by atoms with Crippen LogP contribution in [0.1, 0.15) is 15.9 Å². The molecule has 2 aromatic heterocycles. The van der Waals surface area contributed by atoms with Crippen LogP contribution in [-0.4, -0.2) is 32.1 Å². The highest BCUT2D eigenvalue weighted by Gasteiger charge is 2.09. The molecular formula is C19H19N5O2S. The zero-order valence-electron chi connectivity index (χ0n) is 15.0. The van der Waals surface area contributed by atoms with Crippen molar-refractivity contribution in [3.8, 4) is 0 Å². The number of aromatic nitrogens is 3. The number of carbonyl (C=O) groups is 2. The number of carbonyl (C=O) groups excluding carboxylic acids is 2. The Bertz CT molecular complexity index is 953. The van der Waals surface area contributed by atoms with Gasteiger partial charge in [-0.1, -0.05) is 11.8 Å². The lowest BCUT2D eigenvalue weighted by Crippen LogP contribution is -2.15. The number of hydrogen-bond donors (Lipinski definition) is 2. The van der Waals surface area contributed by atoms with Crippen molar-refractivity contribution in [2.24, 2.45) is 7.05 Å². The van der Waals surface area contributed by atoms with E-state index < -0.39 is 0 Å². The van der Waals surface area contributed by atoms with Crippen molar-refractivity contribution in [2.45, 2.75) is 12.1 Å². The van der Waals surface area contributed by atoms with Crippen molar-refractivity contribution in [1.82, 2.24) is 14.5 Å². The zero-order valence-corrected chi connectivity index (χ0v) is 15.8. The minimum Gasteiger partial charge on any atom is -0.329 e. The van der Waals surface area contributed by atoms with E-state index in [0.717, 1.165) is 10.7 Å². The fourth-order valence-corrected chi connectivity index (χ4v) is 3.05. The molecule has 0 radical (unpaired) electrons. The lowest BCUT2D eigenvalue weighted by atomic mass is 10.2. The predicted molar refractivity (Wildman–Crippen MR) is 106 cm³/mol. The minimum atomic E-state index is -0.253. The smallest absolute Gasteiger partial charge is 0.256 e. The molecule has 0 aliphatic carbocycles. The zero-order chi connectivity index (χ0) is 19.2. The standard InChI is InChI=1S/C19H19N5O2S/c1-13-7-8-20-16(11-13)23-18(26)14-3-5-15(6-4-14)22-17(25)12-27-19-21-9-10-24(19)2/h3-11H,12H2,1-2H3,(H,22,25)(H,20,23,26). The summed E-state index contributed by atoms with van der Waals surface area (Å²) in [6.45, 7) is 1.93. The number of pyridine rings is 1. The summed E-state index contributed by atoms with van der Waals surface area (Å²) in [4.78, 5) is 32.6. The van der Waals surface area contributed by atoms with Gasteiger partial charge in [0.05, 0.1) is 5.75 Å². The van der Waals surface area contributed by atoms with Gasteiger partial charge in [0, 0.05) is 36.9 Å². The number of hydrogen-bond acceptors (Lipinski definition) is 5. The van der Waals surface area contributed by atoms with Crippen LogP contribution in [0.2, 0.25) is 0 Å². The van der Waals surface area contributed by atoms with Gasteiger partial charge in [-0.3, -0.25) is 9.59 Å². The summed E-state index contributed by atoms with van der Waals surface area (Å²) in [6.07, 6.45) is 5.17. The third kappa shape index (κ3) is 5.18. The van der Waals surface area contributed by atoms with Crippen LogP contribution >= 0.6 is 11.8 Å². The molecule has 8 heteroatoms. The van der Waals surface area contributed by atoms with Gasteiger partial charge >= 0.3 is 0 Å². The second-order valence-electron chi connectivity index (χ2n) is 5.91. The summed E-state index contributed by atoms with van der Waals surface area (Å²) in [5.74, 6) is 0.371. The lowest BCUT2D eigenvalue weighted by molar-refractivity contribution is -0.113. The Kier molecular flexibility index (Phi) is 5.87. The Hall–Kier alpha value is -3.13. The fraction of sp³-hybridized carbons (Fsp3) is 0.158. The fourth-order valence-electron chi connectivity index (χ4n) is 2.32. The maximum absolute atomic E-state index is 12.3. The molecule has 2 N–H and O–H groups in total. The molecule has 0 spiro atoms. The monoisotopic (exact) mass is 381 g/mol. The van der Waals surface area contributed by atoms with Crippen LogP contribution in [0.25, 0.3) is 0 Å². The average molecular weight is 381 g/mol. The van der Waals surface area contributed by atoms with E-state index in [1.165, 1.54) is 11.8 Å². The Balaban J connectivity index is 1.54. The Labute approximate surface area is 161 Å². The quantitative estimate of drug-likeness (QED) is 0.641. The van der Waals surface area contributed by atoms with Crippen LogP contribution in [0.3, 0.4) is 0 Å². The molecule has 0 saturated carbocycles. The normalized spacial score (nSPS) is 10.4. The molecule has 0 saturated heterocycles. The number of benzene rings is 1. The summed E-state index contributed by atoms with van der Waals surface area (Å²) in [6, 6.07) is 10.4. The molecule has 3 aromatic rings. The largest absolute Gasteiger partial charge is 0.329 e. The van der Waals surface area contributed by atoms with Crippen LogP contribution < -0.4 is 10.6 Å². The molecule has 0 aliphatic rings. The van der Waals surface area contributed by atoms with Crippen molar-refractivity contribution < 1.29 is 9.59 Å². The SMILES string of the molecule is Cc1ccnc(NC(=O)c2ccc(NC(=O)CSc3nccn3C)cc2)c1. The summed E-state index contributed by atoms with van der Waals surface area (Å²) in [7, 11) is 1.88. The summed E-state index contributed by atoms with van der Waals surface area (Å²) in [5, 5.41) is 6.34. The molecule has 0 atom stereocenters. The van der Waals surface area contributed by atoms with E-state index in [4.69, 9.17) is 0 Å². The van der Waals surface area contributed by atoms with Crippen molar-refractivity contribution in [1.29, 1.82) is 0 Å². The first-order chi connectivity index (χ1) is 13.0. The summed E-state index contributed by atoms with van der Waals surface area (Å²) >= 11 is 1.36. The van der Waals surface area contributed by atoms with Gasteiger partial charge in [-0.15, -0.1) is 0 Å². The molecule has 7 nitrogen and oxygen atoms in total. The Morgan fingerprint density at radius 2 is 1.85 bits per heavy atom. The molecular weight excluding hydrogens is 362 g/mol. The molecule has 27 heavy (non-hydrogen) atoms. The minimum absolute atomic E-state index is 0.135. The second-order valence-corrected chi connectivity index (χ2v) is 6.85. The van der Waals surface area contributed by atoms with Crippen molar-refractivity contribution in [3.63, 3.8) is 0 Å². The van der Waals surface area contributed by atoms with Gasteiger partial charge in [-0.05, 0) is 48.9 Å². The van der Waals surface area contributed by atoms with E-state index in [1.807, 2.05) is 30.8 Å². The highest BCUT2D eigenvalue weighted by Crippen LogP contribution is 2.16. The topological polar surface area (TPSA) is 88.9 Å². The first kappa shape index (κ1) is 18.7. The number of amides is 2. The van der Waals surface area contributed by atoms with Crippen LogP contribution in [0.4, 0.5) is 11.5 Å². The number of nitrogens with one attached hydrogen (secondary N) is 2. The number of rotatable bonds is 6. The van der Waals surface area contributed by atoms with E-state index in [2.05, 4.69) is 20.6 Å². The lowest BCUT2D eigenvalue weighted by Gasteiger charge is -2.07. The van der Waals surface area contributed by atoms with E-state index in [-0.39, 0.29) is 17.6 Å². The molecule has 138 valence electrons. The number of imidazole rings is 1. The molecule has 0 unspecified atom stereocenters. The number of thioether (sulfide) groups is 1. The van der Waals surface area contributed by atoms with Crippen LogP contribution in [0, 0.1) is 6.92 Å². The molecule has 2 heterocycles. The van der Waals surface area contributed by atoms with Crippen LogP contribution in [0.5, 0.6) is 0 Å². The van der Waals surface area contributed by atoms with Crippen LogP contribution in [0.15, 0.2) is 60.1 Å². The van der Waals surface area contributed by atoms with Crippen molar-refractivity contribution in [2.75, 3.05) is 16.4 Å². The summed E-state index contributed by atoms with van der Waals surface area (Å²) < 4.78 is 1.86. The third-order valence-electron chi connectivity index (χ3n) is 3.70. The van der Waals surface area contributed by atoms with Gasteiger partial charge in [-0.2, -0.15) is 0 Å². The molecule has 0 bridgehead atoms. The molecule has 2 amide bonds. The van der Waals surface area contributed by atoms with E-state index in [9.17, 15) is 9.59 Å². The molecule has 1 aromatic carbocycles. The highest BCUT2D eigenvalue weighted by molar-refractivity contribution is 7.99. The van der Waals surface area contributed by atoms with E-state index in [1.54, 1.807) is 42.7 Å². The summed E-state index contributed by atoms with van der Waals surface area (Å²) in [5.41, 5.74) is 2.13. The first-order valence-corrected chi connectivity index (χ1v) is 9.24. The van der Waals surface area contributed by atoms with Gasteiger partial charge < -0.3 is 15.2 Å². The average Bonchev–Trinajstić information content (AvgIpc) is 3.05. The van der Waals surface area contributed by atoms with E-state index in [0.29, 0.717) is 17.1 Å². The first-order valence-electron chi connectivity index (χ1n) is 8.25. The maximum atomic E-state index is 12.3. The van der Waals surface area contributed by atoms with Crippen molar-refractivity contribution in [3.05, 3.63) is 66.1 Å². The second kappa shape index (κ2) is 8.50. The van der Waals surface area contributed by atoms with Crippen LogP contribution in [-0.2, 0) is 11.8 Å². The number of anilines is 2. The number of nitrogens with zero attached hydrogens (tertiary/aromatic N) is 3.